The van der Waals surface area contributed by atoms with Crippen LogP contribution in [-0.4, -0.2) is 5.84 Å². The van der Waals surface area contributed by atoms with Crippen LogP contribution >= 0.6 is 0 Å². The smallest absolute Gasteiger partial charge is 0.220 e. The Bertz CT molecular complexity index is 3200. The maximum absolute atomic E-state index is 7.60. The van der Waals surface area contributed by atoms with Gasteiger partial charge in [-0.1, -0.05) is 91.6 Å². The number of hydrogen-bond acceptors (Lipinski definition) is 5. The Balaban J connectivity index is 0.000000203. The number of rotatable bonds is 17. The number of anilines is 3. The number of hydrogen-bond donors (Lipinski definition) is 5. The van der Waals surface area contributed by atoms with Gasteiger partial charge in [0.2, 0.25) is 22.2 Å². The van der Waals surface area contributed by atoms with E-state index in [1.54, 1.807) is 12.1 Å². The molecule has 358 valence electrons. The Kier molecular flexibility index (Phi) is 17.1. The molecule has 0 fully saturated rings. The second-order valence-corrected chi connectivity index (χ2v) is 18.1. The fourth-order valence-electron chi connectivity index (χ4n) is 9.84. The molecular formula is C59H67ClN10+2. The molecule has 8 N–H and O–H groups in total. The van der Waals surface area contributed by atoms with Crippen molar-refractivity contribution in [2.45, 2.75) is 98.7 Å². The molecule has 0 amide bonds. The quantitative estimate of drug-likeness (QED) is 0.00903. The molecule has 0 aliphatic rings. The number of nitrogens with two attached hydrogens (primary N) is 3. The zero-order valence-corrected chi connectivity index (χ0v) is 41.8. The number of pyridine rings is 3. The van der Waals surface area contributed by atoms with Gasteiger partial charge in [-0.15, -0.1) is 5.11 Å². The van der Waals surface area contributed by atoms with Crippen molar-refractivity contribution >= 4 is 72.1 Å². The normalized spacial score (nSPS) is 11.3. The second-order valence-electron chi connectivity index (χ2n) is 18.1. The summed E-state index contributed by atoms with van der Waals surface area (Å²) in [4.78, 5) is 0. The van der Waals surface area contributed by atoms with Gasteiger partial charge in [-0.25, -0.2) is 0 Å². The number of aromatic nitrogens is 3. The van der Waals surface area contributed by atoms with E-state index in [2.05, 4.69) is 148 Å². The summed E-state index contributed by atoms with van der Waals surface area (Å²) in [5.41, 5.74) is 34.6. The highest BCUT2D eigenvalue weighted by molar-refractivity contribution is 6.10. The van der Waals surface area contributed by atoms with Crippen LogP contribution in [0.5, 0.6) is 0 Å². The van der Waals surface area contributed by atoms with Crippen molar-refractivity contribution in [2.24, 2.45) is 16.1 Å². The summed E-state index contributed by atoms with van der Waals surface area (Å²) in [5, 5.41) is 22.1. The number of nitrogens with zero attached hydrogens (tertiary/aromatic N) is 5. The topological polar surface area (TPSA) is 150 Å². The standard InChI is InChI=1S/C31H40N3.C28H25N7.ClH/c1-24-22-25(2)33(30-18-12-10-16-27(24)30)20-14-8-6-4-5-7-9-15-21-34-26(3)23-29(32)28-17-11-13-19-31(28)34;1-2-35-26-16-20(29)11-13-24(26)23-14-12-22(17-25(23)27(35)18-7-4-3-5-8-18)33-34-32-21-10-6-9-19(15-21)28(30)31;/h10-13,16-19,22-23,32H,4-9,14-15,20-21H2,1-3H3;3-17,29H,2H2,1H3,(H4,30,31,32,33);1H/q+1;;/p+1. The molecule has 10 nitrogen and oxygen atoms in total. The lowest BCUT2D eigenvalue weighted by Gasteiger charge is -2.12. The van der Waals surface area contributed by atoms with Crippen LogP contribution in [0.1, 0.15) is 80.8 Å². The molecule has 0 radical (unpaired) electrons. The summed E-state index contributed by atoms with van der Waals surface area (Å²) >= 11 is 0. The molecule has 9 aromatic rings. The molecule has 6 aromatic carbocycles. The Morgan fingerprint density at radius 1 is 0.543 bits per heavy atom. The highest BCUT2D eigenvalue weighted by Gasteiger charge is 2.23. The van der Waals surface area contributed by atoms with Gasteiger partial charge in [0.15, 0.2) is 11.4 Å². The van der Waals surface area contributed by atoms with E-state index in [-0.39, 0.29) is 18.2 Å². The van der Waals surface area contributed by atoms with Crippen molar-refractivity contribution in [3.63, 3.8) is 0 Å². The van der Waals surface area contributed by atoms with Gasteiger partial charge >= 0.3 is 0 Å². The van der Waals surface area contributed by atoms with Gasteiger partial charge in [-0.2, -0.15) is 13.7 Å². The number of amidine groups is 1. The summed E-state index contributed by atoms with van der Waals surface area (Å²) in [6.07, 6.45) is 10.5. The van der Waals surface area contributed by atoms with Crippen molar-refractivity contribution in [2.75, 3.05) is 16.9 Å². The van der Waals surface area contributed by atoms with E-state index in [0.717, 1.165) is 69.6 Å². The van der Waals surface area contributed by atoms with Gasteiger partial charge in [0, 0.05) is 84.6 Å². The van der Waals surface area contributed by atoms with Crippen molar-refractivity contribution in [1.82, 2.24) is 0 Å². The number of halogens is 1. The minimum atomic E-state index is 0. The number of para-hydroxylation sites is 2. The van der Waals surface area contributed by atoms with Crippen LogP contribution in [0.25, 0.3) is 54.7 Å². The predicted molar refractivity (Wildman–Crippen MR) is 287 cm³/mol. The lowest BCUT2D eigenvalue weighted by Crippen LogP contribution is -3.00. The average Bonchev–Trinajstić information content (AvgIpc) is 3.36. The number of aryl methyl sites for hydroxylation is 6. The first kappa shape index (κ1) is 50.4. The molecule has 3 heterocycles. The second kappa shape index (κ2) is 23.7. The van der Waals surface area contributed by atoms with E-state index in [4.69, 9.17) is 22.6 Å². The summed E-state index contributed by atoms with van der Waals surface area (Å²) in [6.45, 7) is 11.8. The monoisotopic (exact) mass is 951 g/mol. The fraction of sp³-hybridized carbons (Fsp3) is 0.254. The third-order valence-corrected chi connectivity index (χ3v) is 13.3. The summed E-state index contributed by atoms with van der Waals surface area (Å²) in [5.74, 6) is 0.00627. The molecule has 0 unspecified atom stereocenters. The van der Waals surface area contributed by atoms with Gasteiger partial charge in [-0.05, 0) is 92.9 Å². The molecule has 0 aliphatic carbocycles. The van der Waals surface area contributed by atoms with E-state index >= 15 is 0 Å². The molecule has 0 bridgehead atoms. The van der Waals surface area contributed by atoms with Crippen LogP contribution in [0.15, 0.2) is 162 Å². The number of nitrogens with one attached hydrogen (secondary N) is 2. The molecule has 0 spiro atoms. The third-order valence-electron chi connectivity index (χ3n) is 13.3. The first-order chi connectivity index (χ1) is 33.6. The maximum Gasteiger partial charge on any atom is 0.220 e. The van der Waals surface area contributed by atoms with E-state index in [1.807, 2.05) is 48.5 Å². The Morgan fingerprint density at radius 2 is 1.14 bits per heavy atom. The van der Waals surface area contributed by atoms with Crippen LogP contribution in [0.3, 0.4) is 0 Å². The number of fused-ring (bicyclic) bond motifs is 5. The number of nitrogen functional groups attached to an aromatic ring is 3. The Labute approximate surface area is 418 Å². The zero-order chi connectivity index (χ0) is 48.3. The first-order valence-electron chi connectivity index (χ1n) is 24.5. The minimum Gasteiger partial charge on any atom is -1.00 e. The number of unbranched alkanes of at least 4 members (excludes halogenated alkanes) is 7. The van der Waals surface area contributed by atoms with Crippen molar-refractivity contribution in [3.8, 4) is 11.3 Å². The molecule has 0 aliphatic heterocycles. The predicted octanol–water partition coefficient (Wildman–Crippen LogP) is 9.84. The highest BCUT2D eigenvalue weighted by atomic mass is 35.5. The summed E-state index contributed by atoms with van der Waals surface area (Å²) in [7, 11) is 0. The van der Waals surface area contributed by atoms with Crippen LogP contribution in [0.2, 0.25) is 0 Å². The van der Waals surface area contributed by atoms with Crippen LogP contribution < -0.4 is 48.7 Å². The fourth-order valence-corrected chi connectivity index (χ4v) is 9.84. The third kappa shape index (κ3) is 11.7. The van der Waals surface area contributed by atoms with E-state index in [1.165, 1.54) is 90.1 Å². The van der Waals surface area contributed by atoms with Crippen molar-refractivity contribution in [3.05, 3.63) is 174 Å². The molecule has 9 rings (SSSR count). The van der Waals surface area contributed by atoms with Gasteiger partial charge in [-0.3, -0.25) is 10.8 Å². The van der Waals surface area contributed by atoms with Crippen LogP contribution in [0.4, 0.5) is 22.7 Å². The van der Waals surface area contributed by atoms with Crippen molar-refractivity contribution in [1.29, 1.82) is 5.41 Å². The van der Waals surface area contributed by atoms with E-state index in [9.17, 15) is 0 Å². The molecule has 70 heavy (non-hydrogen) atoms. The molecule has 3 aromatic heterocycles. The SMILES string of the molecule is CC[n+]1c(-c2ccccc2)c2cc(N=NNc3cccc(C(=N)N)c3)ccc2c2ccc(N)cc21.Cc1cc(C)[n+](CCCCCCCCCC[n+]2c(C)cc(N)c3ccccc32)c2ccccc12.[Cl-]. The minimum absolute atomic E-state index is 0. The van der Waals surface area contributed by atoms with Gasteiger partial charge < -0.3 is 29.6 Å². The Morgan fingerprint density at radius 3 is 1.81 bits per heavy atom. The summed E-state index contributed by atoms with van der Waals surface area (Å²) < 4.78 is 7.23. The Hall–Kier alpha value is -7.43. The summed E-state index contributed by atoms with van der Waals surface area (Å²) in [6, 6.07) is 51.5. The molecule has 0 saturated carbocycles. The van der Waals surface area contributed by atoms with Crippen molar-refractivity contribution < 1.29 is 26.1 Å². The first-order valence-corrected chi connectivity index (χ1v) is 24.5. The van der Waals surface area contributed by atoms with Gasteiger partial charge in [0.25, 0.3) is 0 Å². The molecule has 11 heteroatoms. The largest absolute Gasteiger partial charge is 1.00 e. The van der Waals surface area contributed by atoms with Gasteiger partial charge in [0.05, 0.1) is 33.2 Å². The van der Waals surface area contributed by atoms with E-state index < -0.39 is 0 Å². The zero-order valence-electron chi connectivity index (χ0n) is 41.1. The lowest BCUT2D eigenvalue weighted by molar-refractivity contribution is -0.678. The molecule has 0 atom stereocenters. The lowest BCUT2D eigenvalue weighted by atomic mass is 9.98. The number of benzene rings is 6. The molecular weight excluding hydrogens is 884 g/mol. The highest BCUT2D eigenvalue weighted by Crippen LogP contribution is 2.35. The maximum atomic E-state index is 7.60. The average molecular weight is 952 g/mol. The van der Waals surface area contributed by atoms with E-state index in [0.29, 0.717) is 11.3 Å². The van der Waals surface area contributed by atoms with Crippen LogP contribution in [0, 0.1) is 26.2 Å². The van der Waals surface area contributed by atoms with Crippen LogP contribution in [-0.2, 0) is 19.6 Å². The van der Waals surface area contributed by atoms with Gasteiger partial charge in [0.1, 0.15) is 25.5 Å². The molecule has 0 saturated heterocycles.